The summed E-state index contributed by atoms with van der Waals surface area (Å²) in [5.41, 5.74) is 2.71. The third kappa shape index (κ3) is 3.08. The van der Waals surface area contributed by atoms with Crippen LogP contribution in [-0.4, -0.2) is 17.1 Å². The molecule has 0 amide bonds. The van der Waals surface area contributed by atoms with Crippen molar-refractivity contribution in [3.63, 3.8) is 0 Å². The van der Waals surface area contributed by atoms with Crippen LogP contribution in [0.15, 0.2) is 52.7 Å². The van der Waals surface area contributed by atoms with Crippen LogP contribution in [-0.2, 0) is 9.53 Å². The summed E-state index contributed by atoms with van der Waals surface area (Å²) in [6.07, 6.45) is 4.30. The molecule has 134 valence electrons. The Morgan fingerprint density at radius 1 is 1.19 bits per heavy atom. The van der Waals surface area contributed by atoms with Gasteiger partial charge in [-0.1, -0.05) is 35.3 Å². The molecule has 2 aromatic rings. The van der Waals surface area contributed by atoms with E-state index in [9.17, 15) is 4.79 Å². The van der Waals surface area contributed by atoms with E-state index in [1.54, 1.807) is 12.3 Å². The number of pyridine rings is 1. The lowest BCUT2D eigenvalue weighted by molar-refractivity contribution is -0.138. The van der Waals surface area contributed by atoms with E-state index in [-0.39, 0.29) is 29.8 Å². The van der Waals surface area contributed by atoms with Crippen molar-refractivity contribution in [2.24, 2.45) is 5.92 Å². The number of carbonyl (C=O) groups excluding carboxylic acids is 1. The van der Waals surface area contributed by atoms with Crippen molar-refractivity contribution in [3.8, 4) is 0 Å². The van der Waals surface area contributed by atoms with Gasteiger partial charge in [0.25, 0.3) is 0 Å². The first kappa shape index (κ1) is 18.0. The monoisotopic (exact) mass is 451 g/mol. The van der Waals surface area contributed by atoms with Crippen molar-refractivity contribution < 1.29 is 9.53 Å². The molecule has 4 rings (SSSR count). The molecule has 1 fully saturated rings. The second-order valence-electron chi connectivity index (χ2n) is 6.73. The van der Waals surface area contributed by atoms with Crippen molar-refractivity contribution in [2.75, 3.05) is 0 Å². The molecule has 2 aliphatic rings. The fourth-order valence-electron chi connectivity index (χ4n) is 4.15. The van der Waals surface area contributed by atoms with Crippen molar-refractivity contribution in [1.82, 2.24) is 4.98 Å². The maximum Gasteiger partial charge on any atom is 0.334 e. The number of hydrogen-bond donors (Lipinski definition) is 0. The standard InChI is InChI=1S/C20H16BrCl2NO2/c1-10-18-15(20(25)26-10)6-5-14(13-4-3-12(22)8-16(13)23)19(18)17-7-2-11(21)9-24-17/h2-4,6-10,14,18-19H,5H2,1H3/t10-,14+,18-,19-/m1/s1. The van der Waals surface area contributed by atoms with E-state index >= 15 is 0 Å². The molecular weight excluding hydrogens is 437 g/mol. The molecule has 0 unspecified atom stereocenters. The van der Waals surface area contributed by atoms with Gasteiger partial charge in [0.1, 0.15) is 6.10 Å². The van der Waals surface area contributed by atoms with Crippen LogP contribution in [0.5, 0.6) is 0 Å². The molecule has 4 atom stereocenters. The first-order valence-electron chi connectivity index (χ1n) is 8.43. The molecule has 0 radical (unpaired) electrons. The summed E-state index contributed by atoms with van der Waals surface area (Å²) in [6, 6.07) is 9.58. The lowest BCUT2D eigenvalue weighted by Gasteiger charge is -2.36. The Bertz CT molecular complexity index is 897. The average molecular weight is 453 g/mol. The molecule has 0 bridgehead atoms. The number of cyclic esters (lactones) is 1. The van der Waals surface area contributed by atoms with Crippen LogP contribution in [0.25, 0.3) is 0 Å². The lowest BCUT2D eigenvalue weighted by atomic mass is 9.67. The third-order valence-electron chi connectivity index (χ3n) is 5.26. The summed E-state index contributed by atoms with van der Waals surface area (Å²) in [7, 11) is 0. The van der Waals surface area contributed by atoms with Crippen molar-refractivity contribution in [1.29, 1.82) is 0 Å². The van der Waals surface area contributed by atoms with Crippen molar-refractivity contribution >= 4 is 45.1 Å². The zero-order chi connectivity index (χ0) is 18.4. The molecule has 2 heterocycles. The van der Waals surface area contributed by atoms with Crippen LogP contribution < -0.4 is 0 Å². The van der Waals surface area contributed by atoms with Crippen LogP contribution in [0.4, 0.5) is 0 Å². The molecule has 1 saturated heterocycles. The molecular formula is C20H16BrCl2NO2. The van der Waals surface area contributed by atoms with E-state index in [4.69, 9.17) is 27.9 Å². The minimum Gasteiger partial charge on any atom is -0.459 e. The van der Waals surface area contributed by atoms with E-state index < -0.39 is 0 Å². The maximum atomic E-state index is 12.2. The number of carbonyl (C=O) groups is 1. The van der Waals surface area contributed by atoms with Gasteiger partial charge in [0.2, 0.25) is 0 Å². The van der Waals surface area contributed by atoms with Crippen LogP contribution >= 0.6 is 39.1 Å². The van der Waals surface area contributed by atoms with Gasteiger partial charge in [-0.15, -0.1) is 0 Å². The summed E-state index contributed by atoms with van der Waals surface area (Å²) >= 11 is 16.0. The van der Waals surface area contributed by atoms with Crippen LogP contribution in [0.1, 0.15) is 36.4 Å². The number of benzene rings is 1. The van der Waals surface area contributed by atoms with E-state index in [1.807, 2.05) is 37.3 Å². The Morgan fingerprint density at radius 3 is 2.69 bits per heavy atom. The van der Waals surface area contributed by atoms with Gasteiger partial charge in [-0.05, 0) is 65.0 Å². The van der Waals surface area contributed by atoms with Gasteiger partial charge in [-0.3, -0.25) is 4.98 Å². The van der Waals surface area contributed by atoms with E-state index in [2.05, 4.69) is 20.9 Å². The van der Waals surface area contributed by atoms with Gasteiger partial charge in [0.05, 0.1) is 0 Å². The minimum atomic E-state index is -0.217. The average Bonchev–Trinajstić information content (AvgIpc) is 2.90. The SMILES string of the molecule is C[C@H]1OC(=O)C2=CC[C@@H](c3ccc(Cl)cc3Cl)[C@H](c3ccc(Br)cn3)[C@@H]21. The number of allylic oxidation sites excluding steroid dienone is 1. The number of ether oxygens (including phenoxy) is 1. The second-order valence-corrected chi connectivity index (χ2v) is 8.49. The summed E-state index contributed by atoms with van der Waals surface area (Å²) in [5, 5.41) is 1.25. The fraction of sp³-hybridized carbons (Fsp3) is 0.300. The molecule has 1 aliphatic carbocycles. The predicted molar refractivity (Wildman–Crippen MR) is 106 cm³/mol. The Balaban J connectivity index is 1.85. The summed E-state index contributed by atoms with van der Waals surface area (Å²) < 4.78 is 6.44. The highest BCUT2D eigenvalue weighted by Gasteiger charge is 2.48. The molecule has 26 heavy (non-hydrogen) atoms. The highest BCUT2D eigenvalue weighted by atomic mass is 79.9. The first-order chi connectivity index (χ1) is 12.5. The number of hydrogen-bond acceptors (Lipinski definition) is 3. The topological polar surface area (TPSA) is 39.2 Å². The van der Waals surface area contributed by atoms with Crippen LogP contribution in [0.3, 0.4) is 0 Å². The van der Waals surface area contributed by atoms with Crippen molar-refractivity contribution in [2.45, 2.75) is 31.3 Å². The van der Waals surface area contributed by atoms with Gasteiger partial charge in [-0.25, -0.2) is 4.79 Å². The zero-order valence-electron chi connectivity index (χ0n) is 14.0. The highest BCUT2D eigenvalue weighted by molar-refractivity contribution is 9.10. The van der Waals surface area contributed by atoms with Gasteiger partial charge in [0.15, 0.2) is 0 Å². The Kier molecular flexibility index (Phi) is 4.84. The van der Waals surface area contributed by atoms with E-state index in [0.717, 1.165) is 21.3 Å². The quantitative estimate of drug-likeness (QED) is 0.531. The molecule has 1 aliphatic heterocycles. The molecule has 0 saturated carbocycles. The Morgan fingerprint density at radius 2 is 2.00 bits per heavy atom. The fourth-order valence-corrected chi connectivity index (χ4v) is 4.94. The number of fused-ring (bicyclic) bond motifs is 1. The predicted octanol–water partition coefficient (Wildman–Crippen LogP) is 5.91. The summed E-state index contributed by atoms with van der Waals surface area (Å²) in [4.78, 5) is 16.9. The number of aromatic nitrogens is 1. The van der Waals surface area contributed by atoms with Gasteiger partial charge < -0.3 is 4.74 Å². The molecule has 6 heteroatoms. The van der Waals surface area contributed by atoms with Crippen molar-refractivity contribution in [3.05, 3.63) is 74.0 Å². The molecule has 0 spiro atoms. The van der Waals surface area contributed by atoms with Gasteiger partial charge in [-0.2, -0.15) is 0 Å². The number of rotatable bonds is 2. The van der Waals surface area contributed by atoms with Gasteiger partial charge in [0, 0.05) is 43.8 Å². The molecule has 3 nitrogen and oxygen atoms in total. The first-order valence-corrected chi connectivity index (χ1v) is 9.98. The van der Waals surface area contributed by atoms with Crippen LogP contribution in [0.2, 0.25) is 10.0 Å². The van der Waals surface area contributed by atoms with Crippen LogP contribution in [0, 0.1) is 5.92 Å². The summed E-state index contributed by atoms with van der Waals surface area (Å²) in [6.45, 7) is 1.95. The lowest BCUT2D eigenvalue weighted by Crippen LogP contribution is -2.30. The normalized spacial score (nSPS) is 27.7. The maximum absolute atomic E-state index is 12.2. The smallest absolute Gasteiger partial charge is 0.334 e. The number of esters is 1. The van der Waals surface area contributed by atoms with Gasteiger partial charge >= 0.3 is 5.97 Å². The molecule has 1 aromatic heterocycles. The molecule has 1 aromatic carbocycles. The second kappa shape index (κ2) is 6.99. The Labute approximate surface area is 170 Å². The third-order valence-corrected chi connectivity index (χ3v) is 6.29. The summed E-state index contributed by atoms with van der Waals surface area (Å²) in [5.74, 6) is -0.158. The largest absolute Gasteiger partial charge is 0.459 e. The highest BCUT2D eigenvalue weighted by Crippen LogP contribution is 2.52. The zero-order valence-corrected chi connectivity index (χ0v) is 17.1. The minimum absolute atomic E-state index is 0.00299. The molecule has 0 N–H and O–H groups in total. The Hall–Kier alpha value is -1.36. The van der Waals surface area contributed by atoms with E-state index in [1.165, 1.54) is 0 Å². The number of nitrogens with zero attached hydrogens (tertiary/aromatic N) is 1. The number of halogens is 3. The van der Waals surface area contributed by atoms with E-state index in [0.29, 0.717) is 16.5 Å².